The molecule has 1 aliphatic rings. The largest absolute Gasteiger partial charge is 0.269 e. The summed E-state index contributed by atoms with van der Waals surface area (Å²) in [4.78, 5) is 5.76. The van der Waals surface area contributed by atoms with Gasteiger partial charge in [0.2, 0.25) is 0 Å². The van der Waals surface area contributed by atoms with Crippen LogP contribution in [0.3, 0.4) is 0 Å². The van der Waals surface area contributed by atoms with Crippen LogP contribution in [0.15, 0.2) is 51.2 Å². The fourth-order valence-electron chi connectivity index (χ4n) is 2.44. The van der Waals surface area contributed by atoms with Crippen molar-refractivity contribution in [3.63, 3.8) is 0 Å². The second-order valence-corrected chi connectivity index (χ2v) is 6.59. The van der Waals surface area contributed by atoms with Gasteiger partial charge >= 0.3 is 0 Å². The Balaban J connectivity index is 1.79. The average molecular weight is 360 g/mol. The number of fused-ring (bicyclic) bond motifs is 1. The van der Waals surface area contributed by atoms with E-state index >= 15 is 0 Å². The molecular weight excluding hydrogens is 350 g/mol. The van der Waals surface area contributed by atoms with Gasteiger partial charge in [0.05, 0.1) is 11.8 Å². The Labute approximate surface area is 133 Å². The first-order valence-corrected chi connectivity index (χ1v) is 8.13. The predicted molar refractivity (Wildman–Crippen MR) is 85.2 cm³/mol. The lowest BCUT2D eigenvalue weighted by Gasteiger charge is -2.22. The number of halogens is 1. The molecule has 0 bridgehead atoms. The number of benzene rings is 1. The maximum absolute atomic E-state index is 4.59. The zero-order chi connectivity index (χ0) is 14.2. The molecule has 104 valence electrons. The number of aliphatic imine (C=N–C) groups is 1. The molecule has 21 heavy (non-hydrogen) atoms. The second-order valence-electron chi connectivity index (χ2n) is 4.73. The highest BCUT2D eigenvalue weighted by Crippen LogP contribution is 2.33. The van der Waals surface area contributed by atoms with Crippen LogP contribution < -0.4 is 0 Å². The molecule has 0 fully saturated rings. The Kier molecular flexibility index (Phi) is 3.16. The van der Waals surface area contributed by atoms with E-state index in [-0.39, 0.29) is 6.04 Å². The predicted octanol–water partition coefficient (Wildman–Crippen LogP) is 3.61. The van der Waals surface area contributed by atoms with Gasteiger partial charge in [0.25, 0.3) is 5.95 Å². The van der Waals surface area contributed by atoms with Gasteiger partial charge in [-0.2, -0.15) is 0 Å². The molecule has 0 saturated heterocycles. The van der Waals surface area contributed by atoms with Crippen molar-refractivity contribution in [2.45, 2.75) is 12.5 Å². The van der Waals surface area contributed by atoms with Crippen molar-refractivity contribution in [3.05, 3.63) is 56.7 Å². The number of rotatable bonds is 2. The van der Waals surface area contributed by atoms with E-state index in [4.69, 9.17) is 0 Å². The number of thiophene rings is 1. The summed E-state index contributed by atoms with van der Waals surface area (Å²) >= 11 is 5.16. The summed E-state index contributed by atoms with van der Waals surface area (Å²) in [7, 11) is 0. The van der Waals surface area contributed by atoms with Gasteiger partial charge in [0.1, 0.15) is 0 Å². The van der Waals surface area contributed by atoms with E-state index < -0.39 is 0 Å². The summed E-state index contributed by atoms with van der Waals surface area (Å²) in [5.74, 6) is 0.567. The van der Waals surface area contributed by atoms with E-state index in [0.717, 1.165) is 16.6 Å². The summed E-state index contributed by atoms with van der Waals surface area (Å²) in [5, 5.41) is 13.9. The molecule has 0 spiro atoms. The molecule has 3 heterocycles. The van der Waals surface area contributed by atoms with Gasteiger partial charge in [0, 0.05) is 15.8 Å². The van der Waals surface area contributed by atoms with Gasteiger partial charge in [-0.1, -0.05) is 39.2 Å². The number of nitrogens with zero attached hydrogens (tertiary/aromatic N) is 5. The van der Waals surface area contributed by atoms with Crippen LogP contribution in [0.25, 0.3) is 0 Å². The van der Waals surface area contributed by atoms with Gasteiger partial charge in [-0.05, 0) is 39.6 Å². The van der Waals surface area contributed by atoms with Gasteiger partial charge in [-0.3, -0.25) is 0 Å². The number of hydrogen-bond acceptors (Lipinski definition) is 5. The molecule has 1 atom stereocenters. The minimum absolute atomic E-state index is 0.0812. The third kappa shape index (κ3) is 2.32. The van der Waals surface area contributed by atoms with Crippen LogP contribution in [0.4, 0.5) is 5.95 Å². The van der Waals surface area contributed by atoms with E-state index in [9.17, 15) is 0 Å². The van der Waals surface area contributed by atoms with Gasteiger partial charge in [-0.15, -0.1) is 11.3 Å². The lowest BCUT2D eigenvalue weighted by atomic mass is 9.99. The molecular formula is C14H10BrN5S. The monoisotopic (exact) mass is 359 g/mol. The first kappa shape index (κ1) is 12.8. The van der Waals surface area contributed by atoms with Crippen molar-refractivity contribution in [1.82, 2.24) is 20.2 Å². The van der Waals surface area contributed by atoms with Gasteiger partial charge in [0.15, 0.2) is 0 Å². The molecule has 0 N–H and O–H groups in total. The lowest BCUT2D eigenvalue weighted by Crippen LogP contribution is -2.20. The number of hydrogen-bond donors (Lipinski definition) is 0. The number of tetrazole rings is 1. The van der Waals surface area contributed by atoms with Crippen LogP contribution >= 0.6 is 27.3 Å². The third-order valence-electron chi connectivity index (χ3n) is 3.45. The Morgan fingerprint density at radius 3 is 2.81 bits per heavy atom. The van der Waals surface area contributed by atoms with Crippen LogP contribution in [-0.4, -0.2) is 25.9 Å². The Bertz CT molecular complexity index is 791. The van der Waals surface area contributed by atoms with Gasteiger partial charge < -0.3 is 0 Å². The van der Waals surface area contributed by atoms with E-state index in [1.165, 1.54) is 10.4 Å². The van der Waals surface area contributed by atoms with Crippen molar-refractivity contribution in [3.8, 4) is 0 Å². The van der Waals surface area contributed by atoms with Crippen LogP contribution in [-0.2, 0) is 0 Å². The highest BCUT2D eigenvalue weighted by Gasteiger charge is 2.27. The Hall–Kier alpha value is -1.86. The number of aromatic nitrogens is 4. The van der Waals surface area contributed by atoms with Crippen molar-refractivity contribution in [2.75, 3.05) is 0 Å². The SMILES string of the molecule is Brc1ccc(C2CC(c3cccs3)=Nc3nnnn32)cc1. The highest BCUT2D eigenvalue weighted by atomic mass is 79.9. The topological polar surface area (TPSA) is 56.0 Å². The first-order valence-electron chi connectivity index (χ1n) is 6.46. The molecule has 3 aromatic rings. The maximum atomic E-state index is 4.59. The van der Waals surface area contributed by atoms with Crippen molar-refractivity contribution < 1.29 is 0 Å². The van der Waals surface area contributed by atoms with Crippen molar-refractivity contribution >= 4 is 38.9 Å². The first-order chi connectivity index (χ1) is 10.3. The summed E-state index contributed by atoms with van der Waals surface area (Å²) in [5.41, 5.74) is 2.22. The van der Waals surface area contributed by atoms with Crippen molar-refractivity contribution in [1.29, 1.82) is 0 Å². The summed E-state index contributed by atoms with van der Waals surface area (Å²) in [6.07, 6.45) is 0.792. The average Bonchev–Trinajstić information content (AvgIpc) is 3.18. The molecule has 0 saturated carbocycles. The molecule has 0 aliphatic carbocycles. The van der Waals surface area contributed by atoms with Crippen LogP contribution in [0.5, 0.6) is 0 Å². The van der Waals surface area contributed by atoms with Crippen LogP contribution in [0, 0.1) is 0 Å². The third-order valence-corrected chi connectivity index (χ3v) is 4.90. The molecule has 4 rings (SSSR count). The Morgan fingerprint density at radius 2 is 2.05 bits per heavy atom. The highest BCUT2D eigenvalue weighted by molar-refractivity contribution is 9.10. The molecule has 1 aliphatic heterocycles. The second kappa shape index (κ2) is 5.16. The fourth-order valence-corrected chi connectivity index (χ4v) is 3.43. The Morgan fingerprint density at radius 1 is 1.19 bits per heavy atom. The van der Waals surface area contributed by atoms with E-state index in [2.05, 4.69) is 60.0 Å². The summed E-state index contributed by atoms with van der Waals surface area (Å²) in [6, 6.07) is 12.5. The van der Waals surface area contributed by atoms with E-state index in [0.29, 0.717) is 5.95 Å². The fraction of sp³-hybridized carbons (Fsp3) is 0.143. The van der Waals surface area contributed by atoms with Crippen LogP contribution in [0.2, 0.25) is 0 Å². The quantitative estimate of drug-likeness (QED) is 0.702. The summed E-state index contributed by atoms with van der Waals surface area (Å²) in [6.45, 7) is 0. The molecule has 1 aromatic carbocycles. The molecule has 0 radical (unpaired) electrons. The zero-order valence-electron chi connectivity index (χ0n) is 10.8. The standard InChI is InChI=1S/C14H10BrN5S/c15-10-5-3-9(4-6-10)12-8-11(13-2-1-7-21-13)16-14-17-18-19-20(12)14/h1-7,12H,8H2. The normalized spacial score (nSPS) is 17.4. The van der Waals surface area contributed by atoms with Gasteiger partial charge in [-0.25, -0.2) is 9.67 Å². The molecule has 5 nitrogen and oxygen atoms in total. The molecule has 1 unspecified atom stereocenters. The molecule has 2 aromatic heterocycles. The minimum atomic E-state index is 0.0812. The summed E-state index contributed by atoms with van der Waals surface area (Å²) < 4.78 is 2.85. The van der Waals surface area contributed by atoms with Crippen LogP contribution in [0.1, 0.15) is 22.9 Å². The van der Waals surface area contributed by atoms with E-state index in [1.807, 2.05) is 18.2 Å². The molecule has 0 amide bonds. The molecule has 7 heteroatoms. The smallest absolute Gasteiger partial charge is 0.213 e. The van der Waals surface area contributed by atoms with Crippen molar-refractivity contribution in [2.24, 2.45) is 4.99 Å². The van der Waals surface area contributed by atoms with E-state index in [1.54, 1.807) is 16.0 Å². The minimum Gasteiger partial charge on any atom is -0.213 e. The maximum Gasteiger partial charge on any atom is 0.269 e. The lowest BCUT2D eigenvalue weighted by molar-refractivity contribution is 0.515. The zero-order valence-corrected chi connectivity index (χ0v) is 13.3.